The lowest BCUT2D eigenvalue weighted by molar-refractivity contribution is 0.297. The van der Waals surface area contributed by atoms with Gasteiger partial charge in [0.1, 0.15) is 0 Å². The van der Waals surface area contributed by atoms with Gasteiger partial charge in [0.05, 0.1) is 12.7 Å². The van der Waals surface area contributed by atoms with Crippen LogP contribution in [0.1, 0.15) is 18.4 Å². The Morgan fingerprint density at radius 1 is 1.50 bits per heavy atom. The SMILES string of the molecule is CNCc1ccc(OCCCC#N)c(F)c1. The van der Waals surface area contributed by atoms with Crippen LogP contribution in [0.25, 0.3) is 0 Å². The number of nitriles is 1. The maximum Gasteiger partial charge on any atom is 0.165 e. The molecule has 0 aliphatic rings. The number of halogens is 1. The molecule has 1 N–H and O–H groups in total. The van der Waals surface area contributed by atoms with E-state index in [1.54, 1.807) is 6.07 Å². The summed E-state index contributed by atoms with van der Waals surface area (Å²) in [6.45, 7) is 1.00. The lowest BCUT2D eigenvalue weighted by Crippen LogP contribution is -2.06. The van der Waals surface area contributed by atoms with Gasteiger partial charge in [-0.15, -0.1) is 0 Å². The molecule has 0 unspecified atom stereocenters. The van der Waals surface area contributed by atoms with Crippen molar-refractivity contribution in [1.82, 2.24) is 5.32 Å². The Labute approximate surface area is 94.8 Å². The molecule has 0 amide bonds. The molecule has 0 bridgehead atoms. The molecule has 0 aliphatic heterocycles. The normalized spacial score (nSPS) is 9.81. The molecule has 0 aromatic heterocycles. The summed E-state index contributed by atoms with van der Waals surface area (Å²) in [5.41, 5.74) is 0.879. The smallest absolute Gasteiger partial charge is 0.165 e. The van der Waals surface area contributed by atoms with E-state index in [1.165, 1.54) is 6.07 Å². The van der Waals surface area contributed by atoms with Crippen LogP contribution in [0.4, 0.5) is 4.39 Å². The van der Waals surface area contributed by atoms with Gasteiger partial charge in [-0.05, 0) is 31.2 Å². The van der Waals surface area contributed by atoms with Crippen LogP contribution in [0.5, 0.6) is 5.75 Å². The Morgan fingerprint density at radius 2 is 2.31 bits per heavy atom. The molecule has 3 nitrogen and oxygen atoms in total. The molecule has 0 aliphatic carbocycles. The molecule has 0 spiro atoms. The van der Waals surface area contributed by atoms with Crippen LogP contribution in [0.15, 0.2) is 18.2 Å². The van der Waals surface area contributed by atoms with Crippen molar-refractivity contribution < 1.29 is 9.13 Å². The summed E-state index contributed by atoms with van der Waals surface area (Å²) in [7, 11) is 1.81. The molecule has 4 heteroatoms. The molecule has 0 fully saturated rings. The Hall–Kier alpha value is -1.60. The van der Waals surface area contributed by atoms with Crippen LogP contribution in [-0.4, -0.2) is 13.7 Å². The second-order valence-corrected chi connectivity index (χ2v) is 3.41. The number of nitrogens with zero attached hydrogens (tertiary/aromatic N) is 1. The second kappa shape index (κ2) is 6.81. The summed E-state index contributed by atoms with van der Waals surface area (Å²) in [6, 6.07) is 6.90. The fraction of sp³-hybridized carbons (Fsp3) is 0.417. The molecule has 0 saturated carbocycles. The van der Waals surface area contributed by atoms with E-state index in [0.29, 0.717) is 26.0 Å². The maximum absolute atomic E-state index is 13.5. The van der Waals surface area contributed by atoms with E-state index in [2.05, 4.69) is 5.32 Å². The van der Waals surface area contributed by atoms with Gasteiger partial charge in [0.15, 0.2) is 11.6 Å². The van der Waals surface area contributed by atoms with E-state index in [0.717, 1.165) is 5.56 Å². The molecule has 0 saturated heterocycles. The van der Waals surface area contributed by atoms with Crippen molar-refractivity contribution in [3.05, 3.63) is 29.6 Å². The van der Waals surface area contributed by atoms with Crippen molar-refractivity contribution >= 4 is 0 Å². The summed E-state index contributed by atoms with van der Waals surface area (Å²) in [6.07, 6.45) is 1.05. The van der Waals surface area contributed by atoms with Gasteiger partial charge in [0.2, 0.25) is 0 Å². The minimum absolute atomic E-state index is 0.248. The van der Waals surface area contributed by atoms with Crippen LogP contribution in [0.3, 0.4) is 0 Å². The van der Waals surface area contributed by atoms with Crippen molar-refractivity contribution in [2.24, 2.45) is 0 Å². The van der Waals surface area contributed by atoms with Gasteiger partial charge in [-0.3, -0.25) is 0 Å². The Kier molecular flexibility index (Phi) is 5.30. The van der Waals surface area contributed by atoms with Crippen LogP contribution >= 0.6 is 0 Å². The Morgan fingerprint density at radius 3 is 2.94 bits per heavy atom. The maximum atomic E-state index is 13.5. The predicted octanol–water partition coefficient (Wildman–Crippen LogP) is 2.23. The lowest BCUT2D eigenvalue weighted by atomic mass is 10.2. The van der Waals surface area contributed by atoms with Crippen molar-refractivity contribution in [1.29, 1.82) is 5.26 Å². The number of benzene rings is 1. The van der Waals surface area contributed by atoms with E-state index >= 15 is 0 Å². The predicted molar refractivity (Wildman–Crippen MR) is 59.5 cm³/mol. The molecule has 16 heavy (non-hydrogen) atoms. The molecule has 1 rings (SSSR count). The first-order chi connectivity index (χ1) is 7.77. The van der Waals surface area contributed by atoms with Crippen molar-refractivity contribution in [3.63, 3.8) is 0 Å². The fourth-order valence-corrected chi connectivity index (χ4v) is 1.31. The summed E-state index contributed by atoms with van der Waals surface area (Å²) in [4.78, 5) is 0. The van der Waals surface area contributed by atoms with Crippen molar-refractivity contribution in [2.75, 3.05) is 13.7 Å². The van der Waals surface area contributed by atoms with E-state index in [-0.39, 0.29) is 11.6 Å². The monoisotopic (exact) mass is 222 g/mol. The Bertz CT molecular complexity index is 374. The number of unbranched alkanes of at least 4 members (excludes halogenated alkanes) is 1. The number of ether oxygens (including phenoxy) is 1. The largest absolute Gasteiger partial charge is 0.490 e. The molecular weight excluding hydrogens is 207 g/mol. The van der Waals surface area contributed by atoms with Gasteiger partial charge in [-0.2, -0.15) is 5.26 Å². The molecule has 1 aromatic carbocycles. The zero-order valence-corrected chi connectivity index (χ0v) is 9.29. The minimum atomic E-state index is -0.357. The fourth-order valence-electron chi connectivity index (χ4n) is 1.31. The summed E-state index contributed by atoms with van der Waals surface area (Å²) in [5, 5.41) is 11.3. The van der Waals surface area contributed by atoms with Gasteiger partial charge in [0, 0.05) is 13.0 Å². The van der Waals surface area contributed by atoms with Crippen molar-refractivity contribution in [2.45, 2.75) is 19.4 Å². The highest BCUT2D eigenvalue weighted by atomic mass is 19.1. The molecule has 86 valence electrons. The molecular formula is C12H15FN2O. The van der Waals surface area contributed by atoms with E-state index in [1.807, 2.05) is 19.2 Å². The van der Waals surface area contributed by atoms with Gasteiger partial charge in [-0.1, -0.05) is 6.07 Å². The third-order valence-electron chi connectivity index (χ3n) is 2.07. The number of nitrogens with one attached hydrogen (secondary N) is 1. The molecule has 0 heterocycles. The quantitative estimate of drug-likeness (QED) is 0.751. The minimum Gasteiger partial charge on any atom is -0.490 e. The van der Waals surface area contributed by atoms with Gasteiger partial charge in [0.25, 0.3) is 0 Å². The average molecular weight is 222 g/mol. The number of hydrogen-bond acceptors (Lipinski definition) is 3. The highest BCUT2D eigenvalue weighted by Crippen LogP contribution is 2.18. The summed E-state index contributed by atoms with van der Waals surface area (Å²) in [5.74, 6) is -0.109. The lowest BCUT2D eigenvalue weighted by Gasteiger charge is -2.07. The zero-order chi connectivity index (χ0) is 11.8. The highest BCUT2D eigenvalue weighted by Gasteiger charge is 2.04. The second-order valence-electron chi connectivity index (χ2n) is 3.41. The summed E-state index contributed by atoms with van der Waals surface area (Å²) < 4.78 is 18.7. The van der Waals surface area contributed by atoms with Crippen LogP contribution < -0.4 is 10.1 Å². The molecule has 1 aromatic rings. The average Bonchev–Trinajstić information content (AvgIpc) is 2.27. The van der Waals surface area contributed by atoms with Crippen molar-refractivity contribution in [3.8, 4) is 11.8 Å². The third kappa shape index (κ3) is 3.87. The van der Waals surface area contributed by atoms with Gasteiger partial charge in [-0.25, -0.2) is 4.39 Å². The first-order valence-corrected chi connectivity index (χ1v) is 5.20. The highest BCUT2D eigenvalue weighted by molar-refractivity contribution is 5.29. The topological polar surface area (TPSA) is 45.0 Å². The molecule has 0 atom stereocenters. The Balaban J connectivity index is 2.51. The molecule has 0 radical (unpaired) electrons. The number of hydrogen-bond donors (Lipinski definition) is 1. The van der Waals surface area contributed by atoms with E-state index in [9.17, 15) is 4.39 Å². The van der Waals surface area contributed by atoms with Crippen LogP contribution in [0, 0.1) is 17.1 Å². The standard InChI is InChI=1S/C12H15FN2O/c1-15-9-10-4-5-12(11(13)8-10)16-7-3-2-6-14/h4-5,8,15H,2-3,7,9H2,1H3. The van der Waals surface area contributed by atoms with Crippen LogP contribution in [-0.2, 0) is 6.54 Å². The van der Waals surface area contributed by atoms with Crippen LogP contribution in [0.2, 0.25) is 0 Å². The first kappa shape index (κ1) is 12.5. The van der Waals surface area contributed by atoms with Gasteiger partial charge >= 0.3 is 0 Å². The van der Waals surface area contributed by atoms with Gasteiger partial charge < -0.3 is 10.1 Å². The first-order valence-electron chi connectivity index (χ1n) is 5.20. The van der Waals surface area contributed by atoms with E-state index in [4.69, 9.17) is 10.00 Å². The summed E-state index contributed by atoms with van der Waals surface area (Å²) >= 11 is 0. The van der Waals surface area contributed by atoms with E-state index < -0.39 is 0 Å². The third-order valence-corrected chi connectivity index (χ3v) is 2.07. The number of rotatable bonds is 6. The zero-order valence-electron chi connectivity index (χ0n) is 9.29.